The second kappa shape index (κ2) is 7.46. The van der Waals surface area contributed by atoms with Crippen LogP contribution in [0.15, 0.2) is 24.3 Å². The van der Waals surface area contributed by atoms with Crippen molar-refractivity contribution in [3.8, 4) is 5.75 Å². The van der Waals surface area contributed by atoms with Crippen LogP contribution in [0, 0.1) is 0 Å². The highest BCUT2D eigenvalue weighted by Crippen LogP contribution is 2.19. The van der Waals surface area contributed by atoms with Gasteiger partial charge in [0.2, 0.25) is 0 Å². The number of nitrogens with one attached hydrogen (secondary N) is 1. The van der Waals surface area contributed by atoms with E-state index in [4.69, 9.17) is 9.47 Å². The van der Waals surface area contributed by atoms with Crippen LogP contribution in [0.1, 0.15) is 43.5 Å². The lowest BCUT2D eigenvalue weighted by molar-refractivity contribution is -0.143. The number of rotatable bonds is 6. The van der Waals surface area contributed by atoms with E-state index in [0.717, 1.165) is 12.8 Å². The highest BCUT2D eigenvalue weighted by atomic mass is 16.5. The lowest BCUT2D eigenvalue weighted by Crippen LogP contribution is -2.51. The molecule has 0 bridgehead atoms. The van der Waals surface area contributed by atoms with E-state index in [1.165, 1.54) is 6.92 Å². The van der Waals surface area contributed by atoms with Crippen LogP contribution in [-0.4, -0.2) is 41.8 Å². The molecule has 1 saturated heterocycles. The first-order valence-corrected chi connectivity index (χ1v) is 7.85. The zero-order chi connectivity index (χ0) is 16.9. The maximum absolute atomic E-state index is 12.2. The van der Waals surface area contributed by atoms with Crippen LogP contribution in [-0.2, 0) is 9.53 Å². The third-order valence-electron chi connectivity index (χ3n) is 4.16. The van der Waals surface area contributed by atoms with Crippen LogP contribution in [0.4, 0.5) is 0 Å². The van der Waals surface area contributed by atoms with Crippen LogP contribution in [0.2, 0.25) is 0 Å². The molecule has 126 valence electrons. The minimum atomic E-state index is -1.27. The van der Waals surface area contributed by atoms with Gasteiger partial charge in [0, 0.05) is 18.4 Å². The van der Waals surface area contributed by atoms with Crippen molar-refractivity contribution in [3.05, 3.63) is 29.8 Å². The van der Waals surface area contributed by atoms with Gasteiger partial charge in [-0.2, -0.15) is 0 Å². The molecular weight excluding hydrogens is 298 g/mol. The van der Waals surface area contributed by atoms with Crippen LogP contribution < -0.4 is 10.1 Å². The standard InChI is InChI=1S/C17H23NO5/c1-3-17(2,16(20)21)18-15(19)12-4-6-13(7-5-12)23-14-8-10-22-11-9-14/h4-7,14H,3,8-11H2,1-2H3,(H,18,19)(H,20,21). The molecular formula is C17H23NO5. The zero-order valence-corrected chi connectivity index (χ0v) is 13.5. The molecule has 2 rings (SSSR count). The number of carbonyl (C=O) groups is 2. The summed E-state index contributed by atoms with van der Waals surface area (Å²) in [6.07, 6.45) is 2.16. The lowest BCUT2D eigenvalue weighted by atomic mass is 9.98. The average molecular weight is 321 g/mol. The monoisotopic (exact) mass is 321 g/mol. The van der Waals surface area contributed by atoms with Gasteiger partial charge in [-0.25, -0.2) is 4.79 Å². The van der Waals surface area contributed by atoms with Crippen molar-refractivity contribution >= 4 is 11.9 Å². The van der Waals surface area contributed by atoms with Crippen molar-refractivity contribution in [2.24, 2.45) is 0 Å². The van der Waals surface area contributed by atoms with Crippen LogP contribution in [0.25, 0.3) is 0 Å². The van der Waals surface area contributed by atoms with Gasteiger partial charge in [0.05, 0.1) is 13.2 Å². The van der Waals surface area contributed by atoms with Crippen molar-refractivity contribution in [3.63, 3.8) is 0 Å². The first-order chi connectivity index (χ1) is 10.9. The Morgan fingerprint density at radius 3 is 2.43 bits per heavy atom. The number of amides is 1. The Balaban J connectivity index is 1.98. The molecule has 1 atom stereocenters. The van der Waals surface area contributed by atoms with Gasteiger partial charge in [-0.3, -0.25) is 4.79 Å². The number of carbonyl (C=O) groups excluding carboxylic acids is 1. The quantitative estimate of drug-likeness (QED) is 0.839. The van der Waals surface area contributed by atoms with Crippen molar-refractivity contribution in [2.45, 2.75) is 44.8 Å². The summed E-state index contributed by atoms with van der Waals surface area (Å²) in [6.45, 7) is 4.63. The van der Waals surface area contributed by atoms with Gasteiger partial charge >= 0.3 is 5.97 Å². The average Bonchev–Trinajstić information content (AvgIpc) is 2.56. The zero-order valence-electron chi connectivity index (χ0n) is 13.5. The lowest BCUT2D eigenvalue weighted by Gasteiger charge is -2.25. The minimum absolute atomic E-state index is 0.138. The molecule has 0 spiro atoms. The summed E-state index contributed by atoms with van der Waals surface area (Å²) < 4.78 is 11.1. The molecule has 0 saturated carbocycles. The molecule has 2 N–H and O–H groups in total. The number of carboxylic acid groups (broad SMARTS) is 1. The number of aliphatic carboxylic acids is 1. The van der Waals surface area contributed by atoms with E-state index in [-0.39, 0.29) is 6.10 Å². The van der Waals surface area contributed by atoms with E-state index >= 15 is 0 Å². The summed E-state index contributed by atoms with van der Waals surface area (Å²) in [5, 5.41) is 11.8. The molecule has 1 fully saturated rings. The first kappa shape index (κ1) is 17.3. The van der Waals surface area contributed by atoms with Gasteiger partial charge in [0.25, 0.3) is 5.91 Å². The number of benzene rings is 1. The Bertz CT molecular complexity index is 551. The normalized spacial score (nSPS) is 18.0. The largest absolute Gasteiger partial charge is 0.490 e. The predicted octanol–water partition coefficient (Wildman–Crippen LogP) is 2.23. The third-order valence-corrected chi connectivity index (χ3v) is 4.16. The molecule has 6 heteroatoms. The van der Waals surface area contributed by atoms with Crippen molar-refractivity contribution in [1.82, 2.24) is 5.32 Å². The van der Waals surface area contributed by atoms with Gasteiger partial charge in [0.1, 0.15) is 17.4 Å². The fraction of sp³-hybridized carbons (Fsp3) is 0.529. The second-order valence-corrected chi connectivity index (χ2v) is 5.90. The first-order valence-electron chi connectivity index (χ1n) is 7.85. The van der Waals surface area contributed by atoms with Gasteiger partial charge in [-0.1, -0.05) is 6.92 Å². The van der Waals surface area contributed by atoms with Crippen molar-refractivity contribution in [1.29, 1.82) is 0 Å². The topological polar surface area (TPSA) is 84.9 Å². The van der Waals surface area contributed by atoms with Gasteiger partial charge in [-0.15, -0.1) is 0 Å². The summed E-state index contributed by atoms with van der Waals surface area (Å²) in [5.74, 6) is -0.757. The Kier molecular flexibility index (Phi) is 5.60. The van der Waals surface area contributed by atoms with E-state index in [9.17, 15) is 14.7 Å². The summed E-state index contributed by atoms with van der Waals surface area (Å²) in [4.78, 5) is 23.4. The maximum atomic E-state index is 12.2. The fourth-order valence-corrected chi connectivity index (χ4v) is 2.29. The Hall–Kier alpha value is -2.08. The molecule has 1 aliphatic rings. The van der Waals surface area contributed by atoms with Crippen LogP contribution >= 0.6 is 0 Å². The number of carboxylic acids is 1. The summed E-state index contributed by atoms with van der Waals surface area (Å²) >= 11 is 0. The van der Waals surface area contributed by atoms with E-state index < -0.39 is 17.4 Å². The molecule has 1 aliphatic heterocycles. The van der Waals surface area contributed by atoms with Gasteiger partial charge in [0.15, 0.2) is 0 Å². The van der Waals surface area contributed by atoms with E-state index in [1.807, 2.05) is 0 Å². The van der Waals surface area contributed by atoms with Crippen molar-refractivity contribution < 1.29 is 24.2 Å². The van der Waals surface area contributed by atoms with Crippen molar-refractivity contribution in [2.75, 3.05) is 13.2 Å². The van der Waals surface area contributed by atoms with Crippen LogP contribution in [0.5, 0.6) is 5.75 Å². The highest BCUT2D eigenvalue weighted by Gasteiger charge is 2.33. The second-order valence-electron chi connectivity index (χ2n) is 5.90. The summed E-state index contributed by atoms with van der Waals surface area (Å²) in [7, 11) is 0. The van der Waals surface area contributed by atoms with Gasteiger partial charge < -0.3 is 19.9 Å². The summed E-state index contributed by atoms with van der Waals surface area (Å²) in [5.41, 5.74) is -0.862. The smallest absolute Gasteiger partial charge is 0.329 e. The molecule has 1 unspecified atom stereocenters. The predicted molar refractivity (Wildman–Crippen MR) is 84.7 cm³/mol. The molecule has 0 radical (unpaired) electrons. The molecule has 6 nitrogen and oxygen atoms in total. The van der Waals surface area contributed by atoms with Gasteiger partial charge in [-0.05, 0) is 37.6 Å². The molecule has 1 amide bonds. The number of ether oxygens (including phenoxy) is 2. The van der Waals surface area contributed by atoms with E-state index in [1.54, 1.807) is 31.2 Å². The number of hydrogen-bond donors (Lipinski definition) is 2. The fourth-order valence-electron chi connectivity index (χ4n) is 2.29. The highest BCUT2D eigenvalue weighted by molar-refractivity contribution is 5.97. The van der Waals surface area contributed by atoms with Crippen LogP contribution in [0.3, 0.4) is 0 Å². The van der Waals surface area contributed by atoms with E-state index in [0.29, 0.717) is 30.9 Å². The third kappa shape index (κ3) is 4.45. The maximum Gasteiger partial charge on any atom is 0.329 e. The Labute approximate surface area is 135 Å². The Morgan fingerprint density at radius 1 is 1.30 bits per heavy atom. The minimum Gasteiger partial charge on any atom is -0.490 e. The SMILES string of the molecule is CCC(C)(NC(=O)c1ccc(OC2CCOCC2)cc1)C(=O)O. The molecule has 1 aromatic carbocycles. The molecule has 0 aliphatic carbocycles. The Morgan fingerprint density at radius 2 is 1.91 bits per heavy atom. The summed E-state index contributed by atoms with van der Waals surface area (Å²) in [6, 6.07) is 6.74. The molecule has 23 heavy (non-hydrogen) atoms. The molecule has 0 aromatic heterocycles. The molecule has 1 heterocycles. The number of hydrogen-bond acceptors (Lipinski definition) is 4. The molecule has 1 aromatic rings. The van der Waals surface area contributed by atoms with E-state index in [2.05, 4.69) is 5.32 Å².